The lowest BCUT2D eigenvalue weighted by Gasteiger charge is -2.10. The van der Waals surface area contributed by atoms with Crippen LogP contribution in [0.4, 0.5) is 5.82 Å². The van der Waals surface area contributed by atoms with E-state index in [2.05, 4.69) is 27.4 Å². The van der Waals surface area contributed by atoms with Crippen molar-refractivity contribution in [1.82, 2.24) is 15.2 Å². The zero-order valence-corrected chi connectivity index (χ0v) is 10.4. The second kappa shape index (κ2) is 6.07. The minimum atomic E-state index is 0.419. The van der Waals surface area contributed by atoms with Gasteiger partial charge in [0.05, 0.1) is 5.69 Å². The highest BCUT2D eigenvalue weighted by atomic mass is 15.2. The molecule has 0 fully saturated rings. The number of aromatic nitrogens is 3. The van der Waals surface area contributed by atoms with Gasteiger partial charge in [-0.3, -0.25) is 4.98 Å². The highest BCUT2D eigenvalue weighted by Gasteiger charge is 2.03. The molecule has 0 saturated heterocycles. The van der Waals surface area contributed by atoms with Crippen molar-refractivity contribution in [3.05, 3.63) is 36.5 Å². The molecular weight excluding hydrogens is 226 g/mol. The molecule has 0 aliphatic rings. The minimum absolute atomic E-state index is 0.419. The van der Waals surface area contributed by atoms with Crippen LogP contribution in [0.2, 0.25) is 0 Å². The average molecular weight is 243 g/mol. The second-order valence-electron chi connectivity index (χ2n) is 4.24. The van der Waals surface area contributed by atoms with Crippen LogP contribution in [0.1, 0.15) is 6.92 Å². The van der Waals surface area contributed by atoms with Crippen LogP contribution in [0.5, 0.6) is 0 Å². The number of rotatable bonds is 5. The zero-order chi connectivity index (χ0) is 12.8. The maximum atomic E-state index is 5.55. The first-order valence-electron chi connectivity index (χ1n) is 5.98. The van der Waals surface area contributed by atoms with Gasteiger partial charge in [-0.15, -0.1) is 10.2 Å². The van der Waals surface area contributed by atoms with Crippen molar-refractivity contribution in [2.45, 2.75) is 6.92 Å². The highest BCUT2D eigenvalue weighted by molar-refractivity contribution is 5.54. The van der Waals surface area contributed by atoms with Crippen molar-refractivity contribution in [2.24, 2.45) is 11.7 Å². The molecule has 0 bridgehead atoms. The third-order valence-electron chi connectivity index (χ3n) is 2.63. The zero-order valence-electron chi connectivity index (χ0n) is 10.4. The van der Waals surface area contributed by atoms with Gasteiger partial charge in [0.1, 0.15) is 11.5 Å². The first kappa shape index (κ1) is 12.4. The molecule has 3 N–H and O–H groups in total. The summed E-state index contributed by atoms with van der Waals surface area (Å²) >= 11 is 0. The Morgan fingerprint density at radius 3 is 2.67 bits per heavy atom. The quantitative estimate of drug-likeness (QED) is 0.833. The van der Waals surface area contributed by atoms with Gasteiger partial charge in [-0.1, -0.05) is 13.0 Å². The van der Waals surface area contributed by atoms with Gasteiger partial charge in [0.2, 0.25) is 0 Å². The van der Waals surface area contributed by atoms with E-state index in [0.29, 0.717) is 12.5 Å². The summed E-state index contributed by atoms with van der Waals surface area (Å²) in [5.41, 5.74) is 7.15. The minimum Gasteiger partial charge on any atom is -0.368 e. The number of pyridine rings is 1. The van der Waals surface area contributed by atoms with E-state index < -0.39 is 0 Å². The predicted octanol–water partition coefficient (Wildman–Crippen LogP) is 1.55. The molecule has 18 heavy (non-hydrogen) atoms. The number of nitrogens with zero attached hydrogens (tertiary/aromatic N) is 3. The number of anilines is 1. The van der Waals surface area contributed by atoms with Gasteiger partial charge in [0.25, 0.3) is 0 Å². The number of hydrogen-bond acceptors (Lipinski definition) is 5. The summed E-state index contributed by atoms with van der Waals surface area (Å²) in [5, 5.41) is 11.5. The number of nitrogens with one attached hydrogen (secondary N) is 1. The predicted molar refractivity (Wildman–Crippen MR) is 72.0 cm³/mol. The molecule has 5 heteroatoms. The monoisotopic (exact) mass is 243 g/mol. The topological polar surface area (TPSA) is 76.7 Å². The van der Waals surface area contributed by atoms with Crippen LogP contribution in [-0.4, -0.2) is 28.3 Å². The molecule has 94 valence electrons. The first-order chi connectivity index (χ1) is 8.79. The van der Waals surface area contributed by atoms with Gasteiger partial charge in [-0.2, -0.15) is 0 Å². The lowest BCUT2D eigenvalue weighted by atomic mass is 10.2. The van der Waals surface area contributed by atoms with E-state index in [0.717, 1.165) is 23.8 Å². The van der Waals surface area contributed by atoms with Gasteiger partial charge in [-0.05, 0) is 36.7 Å². The van der Waals surface area contributed by atoms with Crippen LogP contribution >= 0.6 is 0 Å². The molecule has 0 saturated carbocycles. The first-order valence-corrected chi connectivity index (χ1v) is 5.98. The van der Waals surface area contributed by atoms with E-state index in [-0.39, 0.29) is 0 Å². The molecule has 0 amide bonds. The molecule has 2 heterocycles. The van der Waals surface area contributed by atoms with Crippen molar-refractivity contribution in [3.8, 4) is 11.4 Å². The fraction of sp³-hybridized carbons (Fsp3) is 0.308. The summed E-state index contributed by atoms with van der Waals surface area (Å²) in [7, 11) is 0. The molecular formula is C13H17N5. The van der Waals surface area contributed by atoms with Gasteiger partial charge in [0.15, 0.2) is 0 Å². The van der Waals surface area contributed by atoms with Crippen molar-refractivity contribution >= 4 is 5.82 Å². The second-order valence-corrected chi connectivity index (χ2v) is 4.24. The fourth-order valence-corrected chi connectivity index (χ4v) is 1.44. The van der Waals surface area contributed by atoms with Gasteiger partial charge in [0, 0.05) is 12.7 Å². The lowest BCUT2D eigenvalue weighted by Crippen LogP contribution is -2.20. The Morgan fingerprint density at radius 2 is 2.06 bits per heavy atom. The van der Waals surface area contributed by atoms with Gasteiger partial charge in [-0.25, -0.2) is 0 Å². The molecule has 0 aliphatic carbocycles. The molecule has 0 aromatic carbocycles. The van der Waals surface area contributed by atoms with Crippen molar-refractivity contribution in [3.63, 3.8) is 0 Å². The van der Waals surface area contributed by atoms with E-state index >= 15 is 0 Å². The van der Waals surface area contributed by atoms with Crippen molar-refractivity contribution in [1.29, 1.82) is 0 Å². The van der Waals surface area contributed by atoms with Crippen LogP contribution < -0.4 is 11.1 Å². The molecule has 1 atom stereocenters. The van der Waals surface area contributed by atoms with Crippen LogP contribution in [-0.2, 0) is 0 Å². The molecule has 2 aromatic heterocycles. The number of nitrogens with two attached hydrogens (primary N) is 1. The Balaban J connectivity index is 2.02. The van der Waals surface area contributed by atoms with Crippen molar-refractivity contribution in [2.75, 3.05) is 18.4 Å². The Morgan fingerprint density at radius 1 is 1.17 bits per heavy atom. The van der Waals surface area contributed by atoms with Crippen LogP contribution in [0.25, 0.3) is 11.4 Å². The van der Waals surface area contributed by atoms with Gasteiger partial charge >= 0.3 is 0 Å². The van der Waals surface area contributed by atoms with Crippen molar-refractivity contribution < 1.29 is 0 Å². The van der Waals surface area contributed by atoms with E-state index in [1.165, 1.54) is 0 Å². The summed E-state index contributed by atoms with van der Waals surface area (Å²) < 4.78 is 0. The Kier molecular flexibility index (Phi) is 4.20. The molecule has 5 nitrogen and oxygen atoms in total. The van der Waals surface area contributed by atoms with E-state index in [9.17, 15) is 0 Å². The molecule has 1 unspecified atom stereocenters. The largest absolute Gasteiger partial charge is 0.368 e. The maximum Gasteiger partial charge on any atom is 0.148 e. The SMILES string of the molecule is CC(CN)CNc1ccc(-c2ccccn2)nn1. The van der Waals surface area contributed by atoms with E-state index in [4.69, 9.17) is 5.73 Å². The van der Waals surface area contributed by atoms with Crippen LogP contribution in [0.3, 0.4) is 0 Å². The Labute approximate surface area is 106 Å². The Bertz CT molecular complexity index is 469. The van der Waals surface area contributed by atoms with E-state index in [1.807, 2.05) is 30.3 Å². The molecule has 0 spiro atoms. The molecule has 2 aromatic rings. The summed E-state index contributed by atoms with van der Waals surface area (Å²) in [6.45, 7) is 3.54. The summed E-state index contributed by atoms with van der Waals surface area (Å²) in [4.78, 5) is 4.23. The average Bonchev–Trinajstić information content (AvgIpc) is 2.46. The third-order valence-corrected chi connectivity index (χ3v) is 2.63. The van der Waals surface area contributed by atoms with Gasteiger partial charge < -0.3 is 11.1 Å². The van der Waals surface area contributed by atoms with Crippen LogP contribution in [0, 0.1) is 5.92 Å². The molecule has 0 radical (unpaired) electrons. The highest BCUT2D eigenvalue weighted by Crippen LogP contribution is 2.13. The Hall–Kier alpha value is -2.01. The van der Waals surface area contributed by atoms with Crippen LogP contribution in [0.15, 0.2) is 36.5 Å². The fourth-order valence-electron chi connectivity index (χ4n) is 1.44. The standard InChI is InChI=1S/C13H17N5/c1-10(8-14)9-16-13-6-5-12(17-18-13)11-4-2-3-7-15-11/h2-7,10H,8-9,14H2,1H3,(H,16,18). The molecule has 0 aliphatic heterocycles. The summed E-state index contributed by atoms with van der Waals surface area (Å²) in [6, 6.07) is 9.53. The summed E-state index contributed by atoms with van der Waals surface area (Å²) in [6.07, 6.45) is 1.74. The lowest BCUT2D eigenvalue weighted by molar-refractivity contribution is 0.626. The molecule has 2 rings (SSSR count). The smallest absolute Gasteiger partial charge is 0.148 e. The number of hydrogen-bond donors (Lipinski definition) is 2. The van der Waals surface area contributed by atoms with E-state index in [1.54, 1.807) is 6.20 Å². The normalized spacial score (nSPS) is 12.1. The maximum absolute atomic E-state index is 5.55. The third kappa shape index (κ3) is 3.24. The summed E-state index contributed by atoms with van der Waals surface area (Å²) in [5.74, 6) is 1.18.